The molecular weight excluding hydrogens is 190 g/mol. The molecule has 0 bridgehead atoms. The number of aliphatic hydroxyl groups is 1. The van der Waals surface area contributed by atoms with Crippen LogP contribution in [0.25, 0.3) is 0 Å². The van der Waals surface area contributed by atoms with Crippen molar-refractivity contribution < 1.29 is 13.5 Å². The van der Waals surface area contributed by atoms with Crippen LogP contribution in [0, 0.1) is 0 Å². The summed E-state index contributed by atoms with van der Waals surface area (Å²) in [5.74, 6) is 0. The Morgan fingerprint density at radius 3 is 1.77 bits per heavy atom. The van der Waals surface area contributed by atoms with Crippen LogP contribution >= 0.6 is 0 Å². The summed E-state index contributed by atoms with van der Waals surface area (Å²) in [5.41, 5.74) is -0.509. The predicted molar refractivity (Wildman–Crippen MR) is 53.0 cm³/mol. The van der Waals surface area contributed by atoms with Gasteiger partial charge in [0, 0.05) is 5.54 Å². The van der Waals surface area contributed by atoms with Gasteiger partial charge in [0.15, 0.2) is 0 Å². The summed E-state index contributed by atoms with van der Waals surface area (Å²) >= 11 is 0. The third kappa shape index (κ3) is 3.62. The van der Waals surface area contributed by atoms with Crippen LogP contribution in [-0.4, -0.2) is 30.4 Å². The molecule has 0 spiro atoms. The van der Waals surface area contributed by atoms with Crippen LogP contribution in [0.3, 0.4) is 0 Å². The van der Waals surface area contributed by atoms with E-state index in [0.717, 1.165) is 0 Å². The van der Waals surface area contributed by atoms with Gasteiger partial charge in [-0.3, -0.25) is 0 Å². The second-order valence-electron chi connectivity index (χ2n) is 4.77. The van der Waals surface area contributed by atoms with Gasteiger partial charge in [-0.05, 0) is 34.6 Å². The van der Waals surface area contributed by atoms with Crippen LogP contribution in [-0.2, 0) is 10.0 Å². The SMILES string of the molecule is CC(C)(C)NS(=O)(=O)C(C)(C)CO. The van der Waals surface area contributed by atoms with Crippen LogP contribution in [0.5, 0.6) is 0 Å². The highest BCUT2D eigenvalue weighted by atomic mass is 32.2. The third-order valence-electron chi connectivity index (χ3n) is 1.55. The van der Waals surface area contributed by atoms with E-state index in [9.17, 15) is 8.42 Å². The van der Waals surface area contributed by atoms with Gasteiger partial charge in [-0.25, -0.2) is 13.1 Å². The quantitative estimate of drug-likeness (QED) is 0.710. The maximum absolute atomic E-state index is 11.6. The lowest BCUT2D eigenvalue weighted by Gasteiger charge is -2.28. The minimum Gasteiger partial charge on any atom is -0.395 e. The second kappa shape index (κ2) is 3.55. The molecule has 80 valence electrons. The second-order valence-corrected chi connectivity index (χ2v) is 7.09. The fraction of sp³-hybridized carbons (Fsp3) is 1.00. The highest BCUT2D eigenvalue weighted by molar-refractivity contribution is 7.90. The summed E-state index contributed by atoms with van der Waals surface area (Å²) in [6.07, 6.45) is 0. The van der Waals surface area contributed by atoms with Crippen molar-refractivity contribution in [2.45, 2.75) is 44.9 Å². The lowest BCUT2D eigenvalue weighted by Crippen LogP contribution is -2.51. The number of rotatable bonds is 3. The monoisotopic (exact) mass is 209 g/mol. The van der Waals surface area contributed by atoms with Gasteiger partial charge in [0.05, 0.1) is 6.61 Å². The molecule has 0 aromatic carbocycles. The molecule has 0 heterocycles. The number of hydrogen-bond donors (Lipinski definition) is 2. The fourth-order valence-electron chi connectivity index (χ4n) is 0.626. The van der Waals surface area contributed by atoms with Crippen molar-refractivity contribution in [3.05, 3.63) is 0 Å². The van der Waals surface area contributed by atoms with E-state index < -0.39 is 26.9 Å². The zero-order valence-corrected chi connectivity index (χ0v) is 9.70. The van der Waals surface area contributed by atoms with Gasteiger partial charge in [0.1, 0.15) is 4.75 Å². The molecule has 0 unspecified atom stereocenters. The first-order valence-electron chi connectivity index (χ1n) is 4.16. The number of hydrogen-bond acceptors (Lipinski definition) is 3. The summed E-state index contributed by atoms with van der Waals surface area (Å²) in [6.45, 7) is 7.87. The maximum Gasteiger partial charge on any atom is 0.219 e. The lowest BCUT2D eigenvalue weighted by atomic mass is 10.1. The molecular formula is C8H19NO3S. The van der Waals surface area contributed by atoms with E-state index >= 15 is 0 Å². The van der Waals surface area contributed by atoms with E-state index in [1.165, 1.54) is 13.8 Å². The van der Waals surface area contributed by atoms with Gasteiger partial charge in [-0.15, -0.1) is 0 Å². The first kappa shape index (κ1) is 12.9. The van der Waals surface area contributed by atoms with E-state index in [1.807, 2.05) is 0 Å². The van der Waals surface area contributed by atoms with Gasteiger partial charge in [-0.1, -0.05) is 0 Å². The molecule has 0 saturated heterocycles. The Kier molecular flexibility index (Phi) is 3.52. The minimum absolute atomic E-state index is 0.390. The van der Waals surface area contributed by atoms with Crippen molar-refractivity contribution in [3.63, 3.8) is 0 Å². The molecule has 4 nitrogen and oxygen atoms in total. The van der Waals surface area contributed by atoms with Crippen molar-refractivity contribution >= 4 is 10.0 Å². The number of sulfonamides is 1. The van der Waals surface area contributed by atoms with Crippen LogP contribution in [0.4, 0.5) is 0 Å². The van der Waals surface area contributed by atoms with Gasteiger partial charge in [-0.2, -0.15) is 0 Å². The molecule has 0 radical (unpaired) electrons. The van der Waals surface area contributed by atoms with Crippen molar-refractivity contribution in [1.29, 1.82) is 0 Å². The molecule has 0 aliphatic rings. The molecule has 13 heavy (non-hydrogen) atoms. The Bertz CT molecular complexity index is 262. The largest absolute Gasteiger partial charge is 0.395 e. The average molecular weight is 209 g/mol. The van der Waals surface area contributed by atoms with Crippen LogP contribution in [0.1, 0.15) is 34.6 Å². The van der Waals surface area contributed by atoms with E-state index in [4.69, 9.17) is 5.11 Å². The zero-order chi connectivity index (χ0) is 10.9. The van der Waals surface area contributed by atoms with Crippen LogP contribution in [0.2, 0.25) is 0 Å². The van der Waals surface area contributed by atoms with Gasteiger partial charge in [0.2, 0.25) is 10.0 Å². The molecule has 0 aromatic rings. The lowest BCUT2D eigenvalue weighted by molar-refractivity contribution is 0.256. The standard InChI is InChI=1S/C8H19NO3S/c1-7(2,3)9-13(11,12)8(4,5)6-10/h9-10H,6H2,1-5H3. The normalized spacial score (nSPS) is 14.6. The highest BCUT2D eigenvalue weighted by Crippen LogP contribution is 2.16. The molecule has 0 aromatic heterocycles. The predicted octanol–water partition coefficient (Wildman–Crippen LogP) is 0.475. The van der Waals surface area contributed by atoms with Crippen molar-refractivity contribution in [3.8, 4) is 0 Å². The Labute approximate surface area is 80.4 Å². The topological polar surface area (TPSA) is 66.4 Å². The molecule has 0 atom stereocenters. The molecule has 0 aliphatic heterocycles. The number of nitrogens with one attached hydrogen (secondary N) is 1. The first-order chi connectivity index (χ1) is 5.52. The summed E-state index contributed by atoms with van der Waals surface area (Å²) < 4.78 is 24.6. The summed E-state index contributed by atoms with van der Waals surface area (Å²) in [4.78, 5) is 0. The molecule has 2 N–H and O–H groups in total. The van der Waals surface area contributed by atoms with E-state index in [2.05, 4.69) is 4.72 Å². The third-order valence-corrected chi connectivity index (χ3v) is 4.01. The first-order valence-corrected chi connectivity index (χ1v) is 5.64. The highest BCUT2D eigenvalue weighted by Gasteiger charge is 2.36. The average Bonchev–Trinajstić information content (AvgIpc) is 1.81. The van der Waals surface area contributed by atoms with Gasteiger partial charge >= 0.3 is 0 Å². The Hall–Kier alpha value is -0.130. The van der Waals surface area contributed by atoms with E-state index in [1.54, 1.807) is 20.8 Å². The van der Waals surface area contributed by atoms with Crippen LogP contribution < -0.4 is 4.72 Å². The Morgan fingerprint density at radius 1 is 1.15 bits per heavy atom. The summed E-state index contributed by atoms with van der Waals surface area (Å²) in [6, 6.07) is 0. The maximum atomic E-state index is 11.6. The molecule has 0 aliphatic carbocycles. The van der Waals surface area contributed by atoms with Crippen molar-refractivity contribution in [2.75, 3.05) is 6.61 Å². The molecule has 0 saturated carbocycles. The fourth-order valence-corrected chi connectivity index (χ4v) is 1.88. The molecule has 0 fully saturated rings. The van der Waals surface area contributed by atoms with Crippen LogP contribution in [0.15, 0.2) is 0 Å². The smallest absolute Gasteiger partial charge is 0.219 e. The van der Waals surface area contributed by atoms with E-state index in [-0.39, 0.29) is 0 Å². The zero-order valence-electron chi connectivity index (χ0n) is 8.88. The Balaban J connectivity index is 4.81. The van der Waals surface area contributed by atoms with Crippen molar-refractivity contribution in [1.82, 2.24) is 4.72 Å². The van der Waals surface area contributed by atoms with Gasteiger partial charge < -0.3 is 5.11 Å². The Morgan fingerprint density at radius 2 is 1.54 bits per heavy atom. The molecule has 0 amide bonds. The van der Waals surface area contributed by atoms with Crippen molar-refractivity contribution in [2.24, 2.45) is 0 Å². The summed E-state index contributed by atoms with van der Waals surface area (Å²) in [5, 5.41) is 8.91. The molecule has 0 rings (SSSR count). The minimum atomic E-state index is -3.47. The summed E-state index contributed by atoms with van der Waals surface area (Å²) in [7, 11) is -3.47. The molecule has 5 heteroatoms. The van der Waals surface area contributed by atoms with Gasteiger partial charge in [0.25, 0.3) is 0 Å². The number of aliphatic hydroxyl groups excluding tert-OH is 1. The van der Waals surface area contributed by atoms with E-state index in [0.29, 0.717) is 0 Å².